The van der Waals surface area contributed by atoms with Gasteiger partial charge in [0.05, 0.1) is 31.0 Å². The minimum absolute atomic E-state index is 0.0660. The van der Waals surface area contributed by atoms with Gasteiger partial charge in [0.1, 0.15) is 5.60 Å². The fraction of sp³-hybridized carbons (Fsp3) is 0.552. The molecule has 9 heteroatoms. The Morgan fingerprint density at radius 2 is 1.84 bits per heavy atom. The Kier molecular flexibility index (Phi) is 10.3. The number of ether oxygens (including phenoxy) is 4. The zero-order valence-electron chi connectivity index (χ0n) is 23.3. The van der Waals surface area contributed by atoms with E-state index >= 15 is 0 Å². The summed E-state index contributed by atoms with van der Waals surface area (Å²) in [7, 11) is 1.73. The number of benzene rings is 1. The maximum Gasteiger partial charge on any atom is 0.410 e. The fourth-order valence-electron chi connectivity index (χ4n) is 4.00. The van der Waals surface area contributed by atoms with E-state index in [9.17, 15) is 10.1 Å². The first-order valence-corrected chi connectivity index (χ1v) is 13.1. The van der Waals surface area contributed by atoms with Gasteiger partial charge in [-0.15, -0.1) is 0 Å². The van der Waals surface area contributed by atoms with Crippen molar-refractivity contribution in [1.82, 2.24) is 9.88 Å². The summed E-state index contributed by atoms with van der Waals surface area (Å²) < 4.78 is 23.1. The number of hydrogen-bond donors (Lipinski definition) is 0. The van der Waals surface area contributed by atoms with Crippen LogP contribution in [-0.4, -0.2) is 67.3 Å². The third-order valence-corrected chi connectivity index (χ3v) is 5.80. The number of nitriles is 1. The second-order valence-electron chi connectivity index (χ2n) is 10.9. The lowest BCUT2D eigenvalue weighted by Gasteiger charge is -2.34. The Morgan fingerprint density at radius 3 is 2.39 bits per heavy atom. The summed E-state index contributed by atoms with van der Waals surface area (Å²) in [6.45, 7) is 12.3. The highest BCUT2D eigenvalue weighted by Gasteiger charge is 2.27. The summed E-state index contributed by atoms with van der Waals surface area (Å²) in [6.07, 6.45) is 1.87. The van der Waals surface area contributed by atoms with Gasteiger partial charge in [0, 0.05) is 57.0 Å². The van der Waals surface area contributed by atoms with Gasteiger partial charge in [0.15, 0.2) is 6.29 Å². The molecule has 1 aromatic carbocycles. The van der Waals surface area contributed by atoms with Gasteiger partial charge in [-0.3, -0.25) is 0 Å². The Balaban J connectivity index is 1.56. The van der Waals surface area contributed by atoms with Crippen LogP contribution in [0, 0.1) is 17.2 Å². The topological polar surface area (TPSA) is 97.2 Å². The third kappa shape index (κ3) is 9.51. The number of carbonyl (C=O) groups excluding carboxylic acids is 1. The second-order valence-corrected chi connectivity index (χ2v) is 10.9. The van der Waals surface area contributed by atoms with Crippen molar-refractivity contribution in [2.24, 2.45) is 5.92 Å². The van der Waals surface area contributed by atoms with Crippen molar-refractivity contribution in [3.8, 4) is 11.9 Å². The molecule has 38 heavy (non-hydrogen) atoms. The van der Waals surface area contributed by atoms with E-state index in [4.69, 9.17) is 18.9 Å². The number of hydrogen-bond acceptors (Lipinski definition) is 8. The molecule has 0 N–H and O–H groups in total. The van der Waals surface area contributed by atoms with Crippen molar-refractivity contribution >= 4 is 11.8 Å². The molecule has 0 spiro atoms. The SMILES string of the molecule is CC(C)Oc1ccc(CN(CCC2OCC(CN(C)C(=O)OC(C)(C)C)CO2)c2ccc(C#N)cc2)cn1. The lowest BCUT2D eigenvalue weighted by molar-refractivity contribution is -0.203. The first-order valence-electron chi connectivity index (χ1n) is 13.1. The van der Waals surface area contributed by atoms with Gasteiger partial charge in [-0.1, -0.05) is 6.07 Å². The van der Waals surface area contributed by atoms with E-state index in [0.717, 1.165) is 11.3 Å². The molecule has 0 bridgehead atoms. The monoisotopic (exact) mass is 524 g/mol. The molecule has 0 saturated carbocycles. The molecule has 206 valence electrons. The number of anilines is 1. The van der Waals surface area contributed by atoms with E-state index in [1.807, 2.05) is 77.2 Å². The fourth-order valence-corrected chi connectivity index (χ4v) is 4.00. The van der Waals surface area contributed by atoms with E-state index in [-0.39, 0.29) is 24.4 Å². The van der Waals surface area contributed by atoms with E-state index in [2.05, 4.69) is 16.0 Å². The first kappa shape index (κ1) is 29.2. The Bertz CT molecular complexity index is 1050. The maximum atomic E-state index is 12.3. The van der Waals surface area contributed by atoms with Crippen molar-refractivity contribution in [3.05, 3.63) is 53.7 Å². The summed E-state index contributed by atoms with van der Waals surface area (Å²) >= 11 is 0. The van der Waals surface area contributed by atoms with Gasteiger partial charge in [0.2, 0.25) is 5.88 Å². The number of amides is 1. The predicted molar refractivity (Wildman–Crippen MR) is 145 cm³/mol. The Morgan fingerprint density at radius 1 is 1.16 bits per heavy atom. The lowest BCUT2D eigenvalue weighted by Crippen LogP contribution is -2.42. The number of aromatic nitrogens is 1. The zero-order chi connectivity index (χ0) is 27.7. The summed E-state index contributed by atoms with van der Waals surface area (Å²) in [5.74, 6) is 0.681. The number of rotatable bonds is 10. The molecular formula is C29H40N4O5. The highest BCUT2D eigenvalue weighted by atomic mass is 16.7. The minimum atomic E-state index is -0.531. The van der Waals surface area contributed by atoms with Gasteiger partial charge in [0.25, 0.3) is 0 Å². The summed E-state index contributed by atoms with van der Waals surface area (Å²) in [5, 5.41) is 9.17. The summed E-state index contributed by atoms with van der Waals surface area (Å²) in [5.41, 5.74) is 2.13. The Hall–Kier alpha value is -3.35. The molecule has 9 nitrogen and oxygen atoms in total. The Labute approximate surface area is 226 Å². The summed E-state index contributed by atoms with van der Waals surface area (Å²) in [6, 6.07) is 13.6. The first-order chi connectivity index (χ1) is 18.0. The summed E-state index contributed by atoms with van der Waals surface area (Å²) in [4.78, 5) is 20.5. The molecule has 1 aliphatic heterocycles. The molecule has 0 unspecified atom stereocenters. The van der Waals surface area contributed by atoms with Gasteiger partial charge in [-0.2, -0.15) is 5.26 Å². The molecular weight excluding hydrogens is 484 g/mol. The van der Waals surface area contributed by atoms with Gasteiger partial charge >= 0.3 is 6.09 Å². The van der Waals surface area contributed by atoms with Crippen LogP contribution in [0.2, 0.25) is 0 Å². The van der Waals surface area contributed by atoms with Crippen molar-refractivity contribution in [3.63, 3.8) is 0 Å². The highest BCUT2D eigenvalue weighted by molar-refractivity contribution is 5.67. The molecule has 2 heterocycles. The predicted octanol–water partition coefficient (Wildman–Crippen LogP) is 4.99. The van der Waals surface area contributed by atoms with Crippen LogP contribution < -0.4 is 9.64 Å². The molecule has 1 amide bonds. The van der Waals surface area contributed by atoms with Crippen LogP contribution in [0.1, 0.15) is 52.2 Å². The van der Waals surface area contributed by atoms with Crippen molar-refractivity contribution < 1.29 is 23.7 Å². The largest absolute Gasteiger partial charge is 0.475 e. The molecule has 3 rings (SSSR count). The van der Waals surface area contributed by atoms with Crippen molar-refractivity contribution in [1.29, 1.82) is 5.26 Å². The minimum Gasteiger partial charge on any atom is -0.475 e. The van der Waals surface area contributed by atoms with Crippen LogP contribution in [0.4, 0.5) is 10.5 Å². The average Bonchev–Trinajstić information content (AvgIpc) is 2.87. The van der Waals surface area contributed by atoms with Crippen LogP contribution >= 0.6 is 0 Å². The number of nitrogens with zero attached hydrogens (tertiary/aromatic N) is 4. The van der Waals surface area contributed by atoms with Gasteiger partial charge < -0.3 is 28.7 Å². The van der Waals surface area contributed by atoms with E-state index in [0.29, 0.717) is 50.7 Å². The molecule has 0 aliphatic carbocycles. The van der Waals surface area contributed by atoms with Gasteiger partial charge in [-0.05, 0) is 64.4 Å². The van der Waals surface area contributed by atoms with E-state index < -0.39 is 5.60 Å². The molecule has 0 atom stereocenters. The third-order valence-electron chi connectivity index (χ3n) is 5.80. The number of carbonyl (C=O) groups is 1. The van der Waals surface area contributed by atoms with E-state index in [1.54, 1.807) is 11.9 Å². The molecule has 1 aromatic heterocycles. The van der Waals surface area contributed by atoms with Crippen molar-refractivity contribution in [2.45, 2.75) is 65.6 Å². The van der Waals surface area contributed by atoms with Crippen LogP contribution in [0.25, 0.3) is 0 Å². The van der Waals surface area contributed by atoms with E-state index in [1.165, 1.54) is 0 Å². The molecule has 2 aromatic rings. The average molecular weight is 525 g/mol. The highest BCUT2D eigenvalue weighted by Crippen LogP contribution is 2.22. The molecule has 1 saturated heterocycles. The zero-order valence-corrected chi connectivity index (χ0v) is 23.3. The van der Waals surface area contributed by atoms with Gasteiger partial charge in [-0.25, -0.2) is 9.78 Å². The maximum absolute atomic E-state index is 12.3. The smallest absolute Gasteiger partial charge is 0.410 e. The molecule has 1 fully saturated rings. The van der Waals surface area contributed by atoms with Crippen LogP contribution in [0.3, 0.4) is 0 Å². The number of pyridine rings is 1. The lowest BCUT2D eigenvalue weighted by atomic mass is 10.1. The van der Waals surface area contributed by atoms with Crippen molar-refractivity contribution in [2.75, 3.05) is 38.3 Å². The molecule has 1 aliphatic rings. The normalized spacial score (nSPS) is 17.5. The molecule has 0 radical (unpaired) electrons. The van der Waals surface area contributed by atoms with Crippen LogP contribution in [-0.2, 0) is 20.8 Å². The quantitative estimate of drug-likeness (QED) is 0.429. The van der Waals surface area contributed by atoms with Crippen LogP contribution in [0.5, 0.6) is 5.88 Å². The second kappa shape index (κ2) is 13.4. The van der Waals surface area contributed by atoms with Crippen LogP contribution in [0.15, 0.2) is 42.6 Å². The standard InChI is InChI=1S/C29H40N4O5/c1-21(2)37-26-12-9-23(16-31-26)18-33(25-10-7-22(15-30)8-11-25)14-13-27-35-19-24(20-36-27)17-32(6)28(34)38-29(3,4)5/h7-12,16,21,24,27H,13-14,17-20H2,1-6H3.